The largest absolute Gasteiger partial charge is 0.264 e. The maximum Gasteiger partial charge on any atom is 0.0831 e. The Hall–Kier alpha value is -2.94. The normalized spacial score (nSPS) is 17.1. The van der Waals surface area contributed by atoms with E-state index in [9.17, 15) is 0 Å². The van der Waals surface area contributed by atoms with Crippen molar-refractivity contribution >= 4 is 11.4 Å². The predicted molar refractivity (Wildman–Crippen MR) is 93.5 cm³/mol. The van der Waals surface area contributed by atoms with Crippen LogP contribution in [-0.2, 0) is 0 Å². The molecule has 1 aliphatic heterocycles. The fraction of sp³-hybridized carbons (Fsp3) is 0.100. The van der Waals surface area contributed by atoms with Gasteiger partial charge in [-0.2, -0.15) is 5.10 Å². The highest BCUT2D eigenvalue weighted by molar-refractivity contribution is 6.03. The monoisotopic (exact) mass is 299 g/mol. The van der Waals surface area contributed by atoms with Crippen molar-refractivity contribution in [1.82, 2.24) is 4.98 Å². The van der Waals surface area contributed by atoms with E-state index in [2.05, 4.69) is 64.6 Å². The van der Waals surface area contributed by atoms with Gasteiger partial charge in [0.1, 0.15) is 0 Å². The topological polar surface area (TPSA) is 28.5 Å². The molecule has 3 heteroatoms. The lowest BCUT2D eigenvalue weighted by molar-refractivity contribution is 0.709. The van der Waals surface area contributed by atoms with Crippen LogP contribution in [0.3, 0.4) is 0 Å². The van der Waals surface area contributed by atoms with E-state index in [1.54, 1.807) is 6.20 Å². The molecule has 0 saturated carbocycles. The summed E-state index contributed by atoms with van der Waals surface area (Å²) in [6.45, 7) is 0. The van der Waals surface area contributed by atoms with Gasteiger partial charge in [-0.05, 0) is 23.8 Å². The summed E-state index contributed by atoms with van der Waals surface area (Å²) in [5, 5.41) is 7.02. The van der Waals surface area contributed by atoms with Crippen molar-refractivity contribution in [2.75, 3.05) is 5.01 Å². The Kier molecular flexibility index (Phi) is 3.60. The van der Waals surface area contributed by atoms with Crippen LogP contribution in [0.15, 0.2) is 90.3 Å². The molecule has 3 nitrogen and oxygen atoms in total. The fourth-order valence-corrected chi connectivity index (χ4v) is 2.97. The third kappa shape index (κ3) is 2.73. The van der Waals surface area contributed by atoms with E-state index in [-0.39, 0.29) is 6.04 Å². The van der Waals surface area contributed by atoms with Crippen molar-refractivity contribution in [3.05, 3.63) is 96.3 Å². The summed E-state index contributed by atoms with van der Waals surface area (Å²) >= 11 is 0. The third-order valence-electron chi connectivity index (χ3n) is 4.11. The fourth-order valence-electron chi connectivity index (χ4n) is 2.97. The highest BCUT2D eigenvalue weighted by atomic mass is 15.5. The first-order chi connectivity index (χ1) is 11.4. The average molecular weight is 299 g/mol. The Bertz CT molecular complexity index is 798. The highest BCUT2D eigenvalue weighted by Crippen LogP contribution is 2.36. The van der Waals surface area contributed by atoms with Gasteiger partial charge >= 0.3 is 0 Å². The summed E-state index contributed by atoms with van der Waals surface area (Å²) in [4.78, 5) is 4.23. The maximum absolute atomic E-state index is 4.90. The minimum atomic E-state index is 0.216. The van der Waals surface area contributed by atoms with Crippen molar-refractivity contribution in [3.63, 3.8) is 0 Å². The molecule has 2 heterocycles. The van der Waals surface area contributed by atoms with Crippen LogP contribution < -0.4 is 5.01 Å². The Labute approximate surface area is 135 Å². The van der Waals surface area contributed by atoms with Crippen molar-refractivity contribution < 1.29 is 0 Å². The molecule has 4 rings (SSSR count). The third-order valence-corrected chi connectivity index (χ3v) is 4.11. The van der Waals surface area contributed by atoms with Gasteiger partial charge in [0, 0.05) is 24.4 Å². The quantitative estimate of drug-likeness (QED) is 0.715. The number of hydrazone groups is 1. The van der Waals surface area contributed by atoms with E-state index in [1.165, 1.54) is 5.56 Å². The lowest BCUT2D eigenvalue weighted by atomic mass is 9.99. The van der Waals surface area contributed by atoms with Gasteiger partial charge in [0.25, 0.3) is 0 Å². The molecule has 0 unspecified atom stereocenters. The minimum absolute atomic E-state index is 0.216. The summed E-state index contributed by atoms with van der Waals surface area (Å²) in [7, 11) is 0. The first kappa shape index (κ1) is 13.7. The summed E-state index contributed by atoms with van der Waals surface area (Å²) < 4.78 is 0. The van der Waals surface area contributed by atoms with Crippen LogP contribution in [0.5, 0.6) is 0 Å². The van der Waals surface area contributed by atoms with Crippen molar-refractivity contribution in [3.8, 4) is 0 Å². The molecule has 1 aliphatic rings. The molecule has 1 atom stereocenters. The molecule has 0 bridgehead atoms. The van der Waals surface area contributed by atoms with Crippen molar-refractivity contribution in [2.24, 2.45) is 5.10 Å². The molecule has 0 radical (unpaired) electrons. The molecule has 0 aliphatic carbocycles. The Morgan fingerprint density at radius 1 is 0.826 bits per heavy atom. The molecule has 1 aromatic heterocycles. The number of nitrogens with zero attached hydrogens (tertiary/aromatic N) is 3. The van der Waals surface area contributed by atoms with Gasteiger partial charge in [0.15, 0.2) is 0 Å². The smallest absolute Gasteiger partial charge is 0.0831 e. The zero-order chi connectivity index (χ0) is 15.5. The van der Waals surface area contributed by atoms with Crippen LogP contribution in [0.25, 0.3) is 0 Å². The maximum atomic E-state index is 4.90. The number of para-hydroxylation sites is 1. The minimum Gasteiger partial charge on any atom is -0.264 e. The SMILES string of the molecule is c1ccc([C@H]2CC(c3cccnc3)=NN2c2ccccc2)cc1. The molecule has 0 spiro atoms. The second-order valence-electron chi connectivity index (χ2n) is 5.60. The summed E-state index contributed by atoms with van der Waals surface area (Å²) in [5.74, 6) is 0. The number of pyridine rings is 1. The van der Waals surface area contributed by atoms with Crippen LogP contribution in [0, 0.1) is 0 Å². The molecule has 0 fully saturated rings. The van der Waals surface area contributed by atoms with Crippen molar-refractivity contribution in [1.29, 1.82) is 0 Å². The lowest BCUT2D eigenvalue weighted by Gasteiger charge is -2.23. The number of benzene rings is 2. The van der Waals surface area contributed by atoms with E-state index in [0.29, 0.717) is 0 Å². The van der Waals surface area contributed by atoms with Crippen LogP contribution in [-0.4, -0.2) is 10.7 Å². The van der Waals surface area contributed by atoms with Gasteiger partial charge in [-0.15, -0.1) is 0 Å². The van der Waals surface area contributed by atoms with Crippen LogP contribution in [0.2, 0.25) is 0 Å². The summed E-state index contributed by atoms with van der Waals surface area (Å²) in [6, 6.07) is 25.1. The first-order valence-corrected chi connectivity index (χ1v) is 7.79. The van der Waals surface area contributed by atoms with Gasteiger partial charge in [-0.25, -0.2) is 0 Å². The molecule has 112 valence electrons. The van der Waals surface area contributed by atoms with E-state index >= 15 is 0 Å². The van der Waals surface area contributed by atoms with E-state index in [1.807, 2.05) is 24.4 Å². The number of hydrogen-bond donors (Lipinski definition) is 0. The standard InChI is InChI=1S/C20H17N3/c1-3-8-16(9-4-1)20-14-19(17-10-7-13-21-15-17)22-23(20)18-11-5-2-6-12-18/h1-13,15,20H,14H2/t20-/m1/s1. The average Bonchev–Trinajstić information content (AvgIpc) is 3.09. The molecule has 23 heavy (non-hydrogen) atoms. The number of aromatic nitrogens is 1. The molecule has 0 N–H and O–H groups in total. The second kappa shape index (κ2) is 6.05. The molecule has 0 saturated heterocycles. The van der Waals surface area contributed by atoms with Crippen LogP contribution >= 0.6 is 0 Å². The van der Waals surface area contributed by atoms with Gasteiger partial charge in [0.2, 0.25) is 0 Å². The van der Waals surface area contributed by atoms with Crippen LogP contribution in [0.1, 0.15) is 23.6 Å². The zero-order valence-electron chi connectivity index (χ0n) is 12.7. The Morgan fingerprint density at radius 2 is 1.57 bits per heavy atom. The van der Waals surface area contributed by atoms with Gasteiger partial charge < -0.3 is 0 Å². The number of hydrogen-bond acceptors (Lipinski definition) is 3. The second-order valence-corrected chi connectivity index (χ2v) is 5.60. The Morgan fingerprint density at radius 3 is 2.26 bits per heavy atom. The molecule has 2 aromatic carbocycles. The van der Waals surface area contributed by atoms with Crippen molar-refractivity contribution in [2.45, 2.75) is 12.5 Å². The first-order valence-electron chi connectivity index (χ1n) is 7.79. The summed E-state index contributed by atoms with van der Waals surface area (Å²) in [5.41, 5.74) is 4.56. The molecular weight excluding hydrogens is 282 g/mol. The number of rotatable bonds is 3. The van der Waals surface area contributed by atoms with Gasteiger partial charge in [-0.1, -0.05) is 54.6 Å². The van der Waals surface area contributed by atoms with E-state index in [4.69, 9.17) is 5.10 Å². The van der Waals surface area contributed by atoms with E-state index in [0.717, 1.165) is 23.4 Å². The van der Waals surface area contributed by atoms with Crippen LogP contribution in [0.4, 0.5) is 5.69 Å². The van der Waals surface area contributed by atoms with E-state index < -0.39 is 0 Å². The molecule has 3 aromatic rings. The van der Waals surface area contributed by atoms with Gasteiger partial charge in [0.05, 0.1) is 17.4 Å². The van der Waals surface area contributed by atoms with Gasteiger partial charge in [-0.3, -0.25) is 9.99 Å². The predicted octanol–water partition coefficient (Wildman–Crippen LogP) is 4.44. The zero-order valence-corrected chi connectivity index (χ0v) is 12.7. The highest BCUT2D eigenvalue weighted by Gasteiger charge is 2.29. The number of anilines is 1. The molecule has 0 amide bonds. The Balaban J connectivity index is 1.75. The lowest BCUT2D eigenvalue weighted by Crippen LogP contribution is -2.18. The summed E-state index contributed by atoms with van der Waals surface area (Å²) in [6.07, 6.45) is 4.56. The molecular formula is C20H17N3.